The Morgan fingerprint density at radius 2 is 1.23 bits per heavy atom. The molecule has 1 aliphatic rings. The Morgan fingerprint density at radius 1 is 0.613 bits per heavy atom. The van der Waals surface area contributed by atoms with Crippen LogP contribution in [0.5, 0.6) is 0 Å². The van der Waals surface area contributed by atoms with Crippen molar-refractivity contribution in [3.8, 4) is 11.1 Å². The van der Waals surface area contributed by atoms with E-state index in [2.05, 4.69) is 105 Å². The molecule has 4 heteroatoms. The van der Waals surface area contributed by atoms with Crippen LogP contribution in [-0.4, -0.2) is 5.84 Å². The highest BCUT2D eigenvalue weighted by Crippen LogP contribution is 2.29. The van der Waals surface area contributed by atoms with E-state index in [-0.39, 0.29) is 12.3 Å². The molecule has 2 unspecified atom stereocenters. The van der Waals surface area contributed by atoms with Gasteiger partial charge in [0.2, 0.25) is 0 Å². The Bertz CT molecular complexity index is 1210. The van der Waals surface area contributed by atoms with Gasteiger partial charge in [0.25, 0.3) is 0 Å². The van der Waals surface area contributed by atoms with E-state index in [1.165, 1.54) is 16.7 Å². The topological polar surface area (TPSA) is 36.4 Å². The fourth-order valence-corrected chi connectivity index (χ4v) is 4.25. The Morgan fingerprint density at radius 3 is 1.97 bits per heavy atom. The zero-order chi connectivity index (χ0) is 21.0. The molecule has 2 atom stereocenters. The lowest BCUT2D eigenvalue weighted by atomic mass is 10.0. The normalized spacial score (nSPS) is 18.2. The Kier molecular flexibility index (Phi) is 5.65. The molecule has 0 spiro atoms. The number of benzene rings is 4. The SMILES string of the molecule is Brc1cccc(-c2cccc(C3N=C(c4ccccc4)NC(c4ccccc4)N3)c2)c1. The van der Waals surface area contributed by atoms with Crippen LogP contribution in [0.3, 0.4) is 0 Å². The van der Waals surface area contributed by atoms with Crippen LogP contribution < -0.4 is 10.6 Å². The number of halogens is 1. The third-order valence-corrected chi connectivity index (χ3v) is 5.90. The summed E-state index contributed by atoms with van der Waals surface area (Å²) in [7, 11) is 0. The van der Waals surface area contributed by atoms with Crippen molar-refractivity contribution in [3.63, 3.8) is 0 Å². The van der Waals surface area contributed by atoms with E-state index in [4.69, 9.17) is 4.99 Å². The van der Waals surface area contributed by atoms with Gasteiger partial charge in [-0.2, -0.15) is 0 Å². The van der Waals surface area contributed by atoms with Crippen molar-refractivity contribution in [3.05, 3.63) is 130 Å². The molecule has 1 heterocycles. The molecule has 0 saturated carbocycles. The predicted molar refractivity (Wildman–Crippen MR) is 131 cm³/mol. The summed E-state index contributed by atoms with van der Waals surface area (Å²) in [4.78, 5) is 5.04. The molecule has 0 saturated heterocycles. The third-order valence-electron chi connectivity index (χ3n) is 5.40. The second-order valence-electron chi connectivity index (χ2n) is 7.54. The first-order valence-corrected chi connectivity index (χ1v) is 11.1. The van der Waals surface area contributed by atoms with Gasteiger partial charge in [0.05, 0.1) is 0 Å². The van der Waals surface area contributed by atoms with Crippen LogP contribution in [0.1, 0.15) is 29.0 Å². The van der Waals surface area contributed by atoms with Crippen molar-refractivity contribution in [2.45, 2.75) is 12.3 Å². The monoisotopic (exact) mass is 467 g/mol. The van der Waals surface area contributed by atoms with Gasteiger partial charge in [-0.25, -0.2) is 4.99 Å². The fraction of sp³-hybridized carbons (Fsp3) is 0.0741. The molecule has 2 N–H and O–H groups in total. The van der Waals surface area contributed by atoms with E-state index in [0.29, 0.717) is 0 Å². The van der Waals surface area contributed by atoms with Crippen LogP contribution in [0.15, 0.2) is 119 Å². The van der Waals surface area contributed by atoms with Gasteiger partial charge in [-0.3, -0.25) is 5.32 Å². The van der Waals surface area contributed by atoms with E-state index in [9.17, 15) is 0 Å². The quantitative estimate of drug-likeness (QED) is 0.361. The maximum Gasteiger partial charge on any atom is 0.131 e. The fourth-order valence-electron chi connectivity index (χ4n) is 3.85. The van der Waals surface area contributed by atoms with Gasteiger partial charge in [-0.15, -0.1) is 0 Å². The zero-order valence-electron chi connectivity index (χ0n) is 16.9. The van der Waals surface area contributed by atoms with E-state index in [1.54, 1.807) is 0 Å². The van der Waals surface area contributed by atoms with E-state index >= 15 is 0 Å². The van der Waals surface area contributed by atoms with Crippen LogP contribution >= 0.6 is 15.9 Å². The molecule has 0 bridgehead atoms. The molecule has 0 radical (unpaired) electrons. The number of nitrogens with one attached hydrogen (secondary N) is 2. The number of hydrogen-bond acceptors (Lipinski definition) is 3. The molecule has 4 aromatic carbocycles. The number of aliphatic imine (C=N–C) groups is 1. The molecular formula is C27H22BrN3. The van der Waals surface area contributed by atoms with Crippen LogP contribution in [0.2, 0.25) is 0 Å². The van der Waals surface area contributed by atoms with Crippen molar-refractivity contribution >= 4 is 21.8 Å². The highest BCUT2D eigenvalue weighted by atomic mass is 79.9. The molecule has 0 aliphatic carbocycles. The first kappa shape index (κ1) is 19.7. The van der Waals surface area contributed by atoms with Gasteiger partial charge in [-0.1, -0.05) is 107 Å². The van der Waals surface area contributed by atoms with Crippen molar-refractivity contribution in [2.24, 2.45) is 4.99 Å². The van der Waals surface area contributed by atoms with Crippen LogP contribution in [0.25, 0.3) is 11.1 Å². The molecule has 3 nitrogen and oxygen atoms in total. The minimum absolute atomic E-state index is 0.0339. The first-order chi connectivity index (χ1) is 15.3. The van der Waals surface area contributed by atoms with Gasteiger partial charge in [0.1, 0.15) is 18.2 Å². The van der Waals surface area contributed by atoms with Gasteiger partial charge in [0, 0.05) is 10.0 Å². The molecule has 1 aliphatic heterocycles. The Labute approximate surface area is 191 Å². The second kappa shape index (κ2) is 8.88. The standard InChI is InChI=1S/C27H22BrN3/c28-24-16-8-14-22(18-24)21-13-7-15-23(17-21)27-30-25(19-9-3-1-4-10-19)29-26(31-27)20-11-5-2-6-12-20/h1-18,25,27,30H,(H,29,31). The summed E-state index contributed by atoms with van der Waals surface area (Å²) in [6, 6.07) is 37.7. The first-order valence-electron chi connectivity index (χ1n) is 10.3. The number of hydrogen-bond donors (Lipinski definition) is 2. The summed E-state index contributed by atoms with van der Waals surface area (Å²) >= 11 is 3.58. The van der Waals surface area contributed by atoms with Crippen LogP contribution in [0.4, 0.5) is 0 Å². The third kappa shape index (κ3) is 4.46. The van der Waals surface area contributed by atoms with Gasteiger partial charge < -0.3 is 5.32 Å². The second-order valence-corrected chi connectivity index (χ2v) is 8.45. The minimum atomic E-state index is -0.159. The molecular weight excluding hydrogens is 446 g/mol. The summed E-state index contributed by atoms with van der Waals surface area (Å²) in [5.74, 6) is 0.895. The Hall–Kier alpha value is -3.21. The molecule has 0 fully saturated rings. The minimum Gasteiger partial charge on any atom is -0.350 e. The summed E-state index contributed by atoms with van der Waals surface area (Å²) in [5.41, 5.74) is 5.74. The summed E-state index contributed by atoms with van der Waals surface area (Å²) in [6.07, 6.45) is -0.192. The van der Waals surface area contributed by atoms with E-state index in [0.717, 1.165) is 21.4 Å². The molecule has 0 amide bonds. The average Bonchev–Trinajstić information content (AvgIpc) is 2.85. The highest BCUT2D eigenvalue weighted by molar-refractivity contribution is 9.10. The molecule has 0 aromatic heterocycles. The molecule has 5 rings (SSSR count). The van der Waals surface area contributed by atoms with Gasteiger partial charge in [-0.05, 0) is 40.5 Å². The number of amidine groups is 1. The van der Waals surface area contributed by atoms with Crippen molar-refractivity contribution < 1.29 is 0 Å². The van der Waals surface area contributed by atoms with Crippen molar-refractivity contribution in [1.29, 1.82) is 0 Å². The zero-order valence-corrected chi connectivity index (χ0v) is 18.5. The Balaban J connectivity index is 1.54. The highest BCUT2D eigenvalue weighted by Gasteiger charge is 2.25. The lowest BCUT2D eigenvalue weighted by Gasteiger charge is -2.32. The van der Waals surface area contributed by atoms with Crippen molar-refractivity contribution in [1.82, 2.24) is 10.6 Å². The molecule has 152 valence electrons. The maximum absolute atomic E-state index is 5.04. The number of rotatable bonds is 4. The summed E-state index contributed by atoms with van der Waals surface area (Å²) < 4.78 is 1.07. The lowest BCUT2D eigenvalue weighted by Crippen LogP contribution is -2.44. The van der Waals surface area contributed by atoms with Gasteiger partial charge in [0.15, 0.2) is 0 Å². The maximum atomic E-state index is 5.04. The number of nitrogens with zero attached hydrogens (tertiary/aromatic N) is 1. The van der Waals surface area contributed by atoms with Crippen molar-refractivity contribution in [2.75, 3.05) is 0 Å². The van der Waals surface area contributed by atoms with Crippen LogP contribution in [-0.2, 0) is 0 Å². The van der Waals surface area contributed by atoms with E-state index in [1.807, 2.05) is 30.3 Å². The van der Waals surface area contributed by atoms with Gasteiger partial charge >= 0.3 is 0 Å². The largest absolute Gasteiger partial charge is 0.350 e. The van der Waals surface area contributed by atoms with Crippen LogP contribution in [0, 0.1) is 0 Å². The molecule has 31 heavy (non-hydrogen) atoms. The smallest absolute Gasteiger partial charge is 0.131 e. The average molecular weight is 468 g/mol. The predicted octanol–water partition coefficient (Wildman–Crippen LogP) is 6.45. The summed E-state index contributed by atoms with van der Waals surface area (Å²) in [6.45, 7) is 0. The summed E-state index contributed by atoms with van der Waals surface area (Å²) in [5, 5.41) is 7.24. The van der Waals surface area contributed by atoms with E-state index < -0.39 is 0 Å². The lowest BCUT2D eigenvalue weighted by molar-refractivity contribution is 0.409. The molecule has 4 aromatic rings.